The van der Waals surface area contributed by atoms with Crippen LogP contribution in [0.25, 0.3) is 11.2 Å². The van der Waals surface area contributed by atoms with Crippen LogP contribution in [-0.4, -0.2) is 21.1 Å². The van der Waals surface area contributed by atoms with Gasteiger partial charge in [-0.05, 0) is 37.9 Å². The molecule has 0 atom stereocenters. The van der Waals surface area contributed by atoms with Crippen LogP contribution in [-0.2, 0) is 6.54 Å². The predicted molar refractivity (Wildman–Crippen MR) is 67.8 cm³/mol. The molecule has 1 fully saturated rings. The topological polar surface area (TPSA) is 56.7 Å². The molecule has 0 amide bonds. The minimum absolute atomic E-state index is 0.641. The van der Waals surface area contributed by atoms with Crippen LogP contribution in [0.15, 0.2) is 18.3 Å². The number of rotatable bonds is 4. The van der Waals surface area contributed by atoms with E-state index in [-0.39, 0.29) is 0 Å². The van der Waals surface area contributed by atoms with Crippen LogP contribution in [0.3, 0.4) is 0 Å². The standard InChI is InChI=1S/C13H18N4/c14-7-3-9-17-12(10-4-1-5-10)16-11-6-2-8-15-13(11)17/h2,6,8,10H,1,3-5,7,9,14H2. The first-order valence-electron chi connectivity index (χ1n) is 6.41. The molecule has 0 aromatic carbocycles. The van der Waals surface area contributed by atoms with Crippen LogP contribution in [0.1, 0.15) is 37.4 Å². The summed E-state index contributed by atoms with van der Waals surface area (Å²) in [5.41, 5.74) is 7.64. The summed E-state index contributed by atoms with van der Waals surface area (Å²) < 4.78 is 2.27. The maximum absolute atomic E-state index is 5.61. The fraction of sp³-hybridized carbons (Fsp3) is 0.538. The number of hydrogen-bond donors (Lipinski definition) is 1. The van der Waals surface area contributed by atoms with E-state index in [0.29, 0.717) is 5.92 Å². The molecule has 4 heteroatoms. The highest BCUT2D eigenvalue weighted by Gasteiger charge is 2.25. The van der Waals surface area contributed by atoms with E-state index in [1.54, 1.807) is 0 Å². The van der Waals surface area contributed by atoms with Gasteiger partial charge in [-0.2, -0.15) is 0 Å². The summed E-state index contributed by atoms with van der Waals surface area (Å²) in [4.78, 5) is 9.20. The molecule has 4 nitrogen and oxygen atoms in total. The lowest BCUT2D eigenvalue weighted by Gasteiger charge is -2.25. The molecule has 0 saturated heterocycles. The molecule has 0 spiro atoms. The molecule has 0 aliphatic heterocycles. The van der Waals surface area contributed by atoms with Crippen molar-refractivity contribution in [3.05, 3.63) is 24.2 Å². The molecule has 3 rings (SSSR count). The molecule has 0 radical (unpaired) electrons. The molecule has 1 saturated carbocycles. The maximum atomic E-state index is 5.61. The lowest BCUT2D eigenvalue weighted by atomic mass is 9.85. The first kappa shape index (κ1) is 10.7. The van der Waals surface area contributed by atoms with Crippen LogP contribution in [0, 0.1) is 0 Å². The molecule has 90 valence electrons. The van der Waals surface area contributed by atoms with Crippen molar-refractivity contribution in [2.75, 3.05) is 6.54 Å². The first-order valence-corrected chi connectivity index (χ1v) is 6.41. The second kappa shape index (κ2) is 4.45. The van der Waals surface area contributed by atoms with Gasteiger partial charge in [0.1, 0.15) is 11.3 Å². The van der Waals surface area contributed by atoms with Crippen molar-refractivity contribution in [2.24, 2.45) is 5.73 Å². The van der Waals surface area contributed by atoms with Crippen molar-refractivity contribution in [3.8, 4) is 0 Å². The molecular formula is C13H18N4. The van der Waals surface area contributed by atoms with Crippen LogP contribution in [0.4, 0.5) is 0 Å². The molecule has 1 aliphatic rings. The second-order valence-corrected chi connectivity index (χ2v) is 4.74. The molecule has 0 bridgehead atoms. The van der Waals surface area contributed by atoms with E-state index < -0.39 is 0 Å². The van der Waals surface area contributed by atoms with E-state index in [1.807, 2.05) is 18.3 Å². The fourth-order valence-corrected chi connectivity index (χ4v) is 2.42. The van der Waals surface area contributed by atoms with E-state index in [0.717, 1.165) is 30.7 Å². The van der Waals surface area contributed by atoms with Crippen LogP contribution < -0.4 is 5.73 Å². The molecule has 2 aromatic rings. The Bertz CT molecular complexity index is 513. The number of pyridine rings is 1. The summed E-state index contributed by atoms with van der Waals surface area (Å²) in [5, 5.41) is 0. The van der Waals surface area contributed by atoms with Crippen molar-refractivity contribution in [3.63, 3.8) is 0 Å². The molecule has 2 N–H and O–H groups in total. The lowest BCUT2D eigenvalue weighted by Crippen LogP contribution is -2.17. The van der Waals surface area contributed by atoms with Gasteiger partial charge in [-0.25, -0.2) is 9.97 Å². The summed E-state index contributed by atoms with van der Waals surface area (Å²) in [5.74, 6) is 1.86. The Balaban J connectivity index is 2.05. The van der Waals surface area contributed by atoms with Gasteiger partial charge in [-0.15, -0.1) is 0 Å². The Kier molecular flexibility index (Phi) is 2.81. The number of imidazole rings is 1. The fourth-order valence-electron chi connectivity index (χ4n) is 2.42. The third kappa shape index (κ3) is 1.82. The number of fused-ring (bicyclic) bond motifs is 1. The highest BCUT2D eigenvalue weighted by atomic mass is 15.1. The number of nitrogens with zero attached hydrogens (tertiary/aromatic N) is 3. The van der Waals surface area contributed by atoms with E-state index >= 15 is 0 Å². The van der Waals surface area contributed by atoms with E-state index in [2.05, 4.69) is 9.55 Å². The Hall–Kier alpha value is -1.42. The monoisotopic (exact) mass is 230 g/mol. The number of hydrogen-bond acceptors (Lipinski definition) is 3. The molecule has 2 heterocycles. The van der Waals surface area contributed by atoms with E-state index in [1.165, 1.54) is 25.1 Å². The average Bonchev–Trinajstić information content (AvgIpc) is 2.62. The Morgan fingerprint density at radius 3 is 3.00 bits per heavy atom. The second-order valence-electron chi connectivity index (χ2n) is 4.74. The summed E-state index contributed by atoms with van der Waals surface area (Å²) in [6, 6.07) is 4.00. The zero-order chi connectivity index (χ0) is 11.7. The minimum Gasteiger partial charge on any atom is -0.330 e. The molecule has 17 heavy (non-hydrogen) atoms. The van der Waals surface area contributed by atoms with Crippen LogP contribution in [0.2, 0.25) is 0 Å². The number of aryl methyl sites for hydroxylation is 1. The third-order valence-corrected chi connectivity index (χ3v) is 3.59. The maximum Gasteiger partial charge on any atom is 0.159 e. The predicted octanol–water partition coefficient (Wildman–Crippen LogP) is 2.05. The Labute approximate surface area is 101 Å². The smallest absolute Gasteiger partial charge is 0.159 e. The van der Waals surface area contributed by atoms with Gasteiger partial charge in [0, 0.05) is 18.7 Å². The van der Waals surface area contributed by atoms with Crippen molar-refractivity contribution < 1.29 is 0 Å². The van der Waals surface area contributed by atoms with Gasteiger partial charge in [-0.3, -0.25) is 0 Å². The first-order chi connectivity index (χ1) is 8.40. The van der Waals surface area contributed by atoms with Gasteiger partial charge in [0.2, 0.25) is 0 Å². The Morgan fingerprint density at radius 1 is 1.41 bits per heavy atom. The van der Waals surface area contributed by atoms with E-state index in [4.69, 9.17) is 10.7 Å². The van der Waals surface area contributed by atoms with Crippen molar-refractivity contribution >= 4 is 11.2 Å². The van der Waals surface area contributed by atoms with Gasteiger partial charge in [0.25, 0.3) is 0 Å². The summed E-state index contributed by atoms with van der Waals surface area (Å²) in [6.07, 6.45) is 6.70. The summed E-state index contributed by atoms with van der Waals surface area (Å²) >= 11 is 0. The van der Waals surface area contributed by atoms with Crippen LogP contribution in [0.5, 0.6) is 0 Å². The highest BCUT2D eigenvalue weighted by molar-refractivity contribution is 5.71. The SMILES string of the molecule is NCCCn1c(C2CCC2)nc2cccnc21. The van der Waals surface area contributed by atoms with Crippen LogP contribution >= 0.6 is 0 Å². The summed E-state index contributed by atoms with van der Waals surface area (Å²) in [6.45, 7) is 1.66. The minimum atomic E-state index is 0.641. The number of nitrogens with two attached hydrogens (primary N) is 1. The third-order valence-electron chi connectivity index (χ3n) is 3.59. The number of aromatic nitrogens is 3. The summed E-state index contributed by atoms with van der Waals surface area (Å²) in [7, 11) is 0. The molecule has 2 aromatic heterocycles. The molecular weight excluding hydrogens is 212 g/mol. The van der Waals surface area contributed by atoms with E-state index in [9.17, 15) is 0 Å². The van der Waals surface area contributed by atoms with Gasteiger partial charge < -0.3 is 10.3 Å². The van der Waals surface area contributed by atoms with Crippen molar-refractivity contribution in [2.45, 2.75) is 38.1 Å². The molecule has 0 unspecified atom stereocenters. The highest BCUT2D eigenvalue weighted by Crippen LogP contribution is 2.36. The van der Waals surface area contributed by atoms with Gasteiger partial charge in [-0.1, -0.05) is 6.42 Å². The quantitative estimate of drug-likeness (QED) is 0.874. The zero-order valence-electron chi connectivity index (χ0n) is 9.97. The average molecular weight is 230 g/mol. The van der Waals surface area contributed by atoms with Gasteiger partial charge in [0.15, 0.2) is 5.65 Å². The molecule has 1 aliphatic carbocycles. The zero-order valence-corrected chi connectivity index (χ0v) is 9.97. The Morgan fingerprint density at radius 2 is 2.29 bits per heavy atom. The normalized spacial score (nSPS) is 16.3. The van der Waals surface area contributed by atoms with Crippen molar-refractivity contribution in [1.82, 2.24) is 14.5 Å². The van der Waals surface area contributed by atoms with Gasteiger partial charge >= 0.3 is 0 Å². The lowest BCUT2D eigenvalue weighted by molar-refractivity contribution is 0.387. The van der Waals surface area contributed by atoms with Crippen molar-refractivity contribution in [1.29, 1.82) is 0 Å². The van der Waals surface area contributed by atoms with Gasteiger partial charge in [0.05, 0.1) is 0 Å². The largest absolute Gasteiger partial charge is 0.330 e.